The molecule has 0 amide bonds. The molecule has 2 N–H and O–H groups in total. The number of rotatable bonds is 7. The fourth-order valence-corrected chi connectivity index (χ4v) is 2.01. The fourth-order valence-electron chi connectivity index (χ4n) is 1.79. The lowest BCUT2D eigenvalue weighted by atomic mass is 9.91. The van der Waals surface area contributed by atoms with E-state index in [4.69, 9.17) is 11.6 Å². The molecular weight excluding hydrogens is 262 g/mol. The van der Waals surface area contributed by atoms with Crippen LogP contribution in [0.3, 0.4) is 0 Å². The number of carboxylic acid groups (broad SMARTS) is 1. The highest BCUT2D eigenvalue weighted by Gasteiger charge is 2.32. The van der Waals surface area contributed by atoms with Crippen molar-refractivity contribution in [3.63, 3.8) is 0 Å². The maximum absolute atomic E-state index is 11.4. The van der Waals surface area contributed by atoms with E-state index in [9.17, 15) is 9.90 Å². The van der Waals surface area contributed by atoms with E-state index in [-0.39, 0.29) is 0 Å². The maximum Gasteiger partial charge on any atom is 0.323 e. The predicted octanol–water partition coefficient (Wildman–Crippen LogP) is 3.71. The fraction of sp³-hybridized carbons (Fsp3) is 0.533. The van der Waals surface area contributed by atoms with Gasteiger partial charge in [0.25, 0.3) is 0 Å². The molecule has 0 unspecified atom stereocenters. The van der Waals surface area contributed by atoms with E-state index in [0.717, 1.165) is 12.0 Å². The molecule has 0 fully saturated rings. The van der Waals surface area contributed by atoms with Crippen molar-refractivity contribution < 1.29 is 9.90 Å². The van der Waals surface area contributed by atoms with Crippen LogP contribution in [-0.4, -0.2) is 16.6 Å². The molecule has 0 radical (unpaired) electrons. The van der Waals surface area contributed by atoms with Gasteiger partial charge in [-0.3, -0.25) is 10.1 Å². The molecule has 0 heterocycles. The molecule has 3 nitrogen and oxygen atoms in total. The van der Waals surface area contributed by atoms with Crippen molar-refractivity contribution >= 4 is 17.6 Å². The van der Waals surface area contributed by atoms with Gasteiger partial charge in [-0.15, -0.1) is 0 Å². The molecule has 1 aromatic rings. The first kappa shape index (κ1) is 16.0. The molecule has 106 valence electrons. The molecule has 0 bridgehead atoms. The van der Waals surface area contributed by atoms with Crippen LogP contribution in [0.4, 0.5) is 0 Å². The highest BCUT2D eigenvalue weighted by Crippen LogP contribution is 2.18. The standard InChI is InChI=1S/C15H22ClNO2/c1-11(2)7-8-15(3,14(18)19)17-10-12-5-4-6-13(16)9-12/h4-6,9,11,17H,7-8,10H2,1-3H3,(H,18,19)/t15-/m1/s1. The van der Waals surface area contributed by atoms with Gasteiger partial charge in [0.15, 0.2) is 0 Å². The van der Waals surface area contributed by atoms with Crippen molar-refractivity contribution in [3.05, 3.63) is 34.9 Å². The van der Waals surface area contributed by atoms with Crippen LogP contribution in [0, 0.1) is 5.92 Å². The number of aliphatic carboxylic acids is 1. The Balaban J connectivity index is 2.66. The molecule has 1 rings (SSSR count). The molecule has 1 aromatic carbocycles. The van der Waals surface area contributed by atoms with Gasteiger partial charge in [0.2, 0.25) is 0 Å². The van der Waals surface area contributed by atoms with Crippen LogP contribution >= 0.6 is 11.6 Å². The van der Waals surface area contributed by atoms with Crippen molar-refractivity contribution in [2.24, 2.45) is 5.92 Å². The maximum atomic E-state index is 11.4. The van der Waals surface area contributed by atoms with E-state index < -0.39 is 11.5 Å². The second kappa shape index (κ2) is 6.92. The van der Waals surface area contributed by atoms with E-state index in [1.54, 1.807) is 13.0 Å². The van der Waals surface area contributed by atoms with Crippen LogP contribution in [0.25, 0.3) is 0 Å². The minimum absolute atomic E-state index is 0.492. The predicted molar refractivity (Wildman–Crippen MR) is 78.4 cm³/mol. The van der Waals surface area contributed by atoms with E-state index >= 15 is 0 Å². The Morgan fingerprint density at radius 1 is 1.47 bits per heavy atom. The molecule has 1 atom stereocenters. The molecule has 19 heavy (non-hydrogen) atoms. The van der Waals surface area contributed by atoms with E-state index in [1.165, 1.54) is 0 Å². The van der Waals surface area contributed by atoms with Crippen molar-refractivity contribution in [2.75, 3.05) is 0 Å². The summed E-state index contributed by atoms with van der Waals surface area (Å²) < 4.78 is 0. The van der Waals surface area contributed by atoms with Crippen molar-refractivity contribution in [1.82, 2.24) is 5.32 Å². The Morgan fingerprint density at radius 2 is 2.16 bits per heavy atom. The summed E-state index contributed by atoms with van der Waals surface area (Å²) in [6.07, 6.45) is 1.49. The molecule has 0 aliphatic rings. The number of halogens is 1. The molecule has 4 heteroatoms. The molecule has 0 saturated carbocycles. The van der Waals surface area contributed by atoms with Crippen LogP contribution in [0.2, 0.25) is 5.02 Å². The first-order valence-corrected chi connectivity index (χ1v) is 6.94. The summed E-state index contributed by atoms with van der Waals surface area (Å²) in [6.45, 7) is 6.43. The number of carbonyl (C=O) groups is 1. The third-order valence-corrected chi connectivity index (χ3v) is 3.50. The van der Waals surface area contributed by atoms with Crippen molar-refractivity contribution in [2.45, 2.75) is 45.7 Å². The van der Waals surface area contributed by atoms with Crippen LogP contribution < -0.4 is 5.32 Å². The van der Waals surface area contributed by atoms with Crippen LogP contribution in [0.1, 0.15) is 39.2 Å². The lowest BCUT2D eigenvalue weighted by Gasteiger charge is -2.27. The monoisotopic (exact) mass is 283 g/mol. The van der Waals surface area contributed by atoms with Gasteiger partial charge in [-0.2, -0.15) is 0 Å². The molecular formula is C15H22ClNO2. The Kier molecular flexibility index (Phi) is 5.83. The lowest BCUT2D eigenvalue weighted by molar-refractivity contribution is -0.144. The third-order valence-electron chi connectivity index (χ3n) is 3.27. The Hall–Kier alpha value is -1.06. The van der Waals surface area contributed by atoms with Crippen molar-refractivity contribution in [1.29, 1.82) is 0 Å². The van der Waals surface area contributed by atoms with E-state index in [2.05, 4.69) is 19.2 Å². The topological polar surface area (TPSA) is 49.3 Å². The summed E-state index contributed by atoms with van der Waals surface area (Å²) in [5, 5.41) is 13.2. The molecule has 0 aromatic heterocycles. The largest absolute Gasteiger partial charge is 0.480 e. The Morgan fingerprint density at radius 3 is 2.68 bits per heavy atom. The van der Waals surface area contributed by atoms with E-state index in [1.807, 2.05) is 18.2 Å². The number of hydrogen-bond acceptors (Lipinski definition) is 2. The summed E-state index contributed by atoms with van der Waals surface area (Å²) in [4.78, 5) is 11.4. The second-order valence-electron chi connectivity index (χ2n) is 5.55. The summed E-state index contributed by atoms with van der Waals surface area (Å²) >= 11 is 5.92. The Labute approximate surface area is 120 Å². The highest BCUT2D eigenvalue weighted by molar-refractivity contribution is 6.30. The zero-order valence-electron chi connectivity index (χ0n) is 11.7. The Bertz CT molecular complexity index is 434. The van der Waals surface area contributed by atoms with Crippen LogP contribution in [0.15, 0.2) is 24.3 Å². The molecule has 0 saturated heterocycles. The lowest BCUT2D eigenvalue weighted by Crippen LogP contribution is -2.49. The average molecular weight is 284 g/mol. The van der Waals surface area contributed by atoms with Crippen LogP contribution in [0.5, 0.6) is 0 Å². The van der Waals surface area contributed by atoms with Crippen LogP contribution in [-0.2, 0) is 11.3 Å². The van der Waals surface area contributed by atoms with Gasteiger partial charge in [-0.25, -0.2) is 0 Å². The number of nitrogens with one attached hydrogen (secondary N) is 1. The normalized spacial score (nSPS) is 14.4. The van der Waals surface area contributed by atoms with Crippen molar-refractivity contribution in [3.8, 4) is 0 Å². The smallest absolute Gasteiger partial charge is 0.323 e. The minimum atomic E-state index is -0.896. The molecule has 0 spiro atoms. The average Bonchev–Trinajstić information content (AvgIpc) is 2.34. The zero-order valence-corrected chi connectivity index (χ0v) is 12.5. The molecule has 0 aliphatic carbocycles. The van der Waals surface area contributed by atoms with E-state index in [0.29, 0.717) is 23.9 Å². The SMILES string of the molecule is CC(C)CC[C@@](C)(NCc1cccc(Cl)c1)C(=O)O. The summed E-state index contributed by atoms with van der Waals surface area (Å²) in [6, 6.07) is 7.45. The van der Waals surface area contributed by atoms with Gasteiger partial charge >= 0.3 is 5.97 Å². The quantitative estimate of drug-likeness (QED) is 0.802. The highest BCUT2D eigenvalue weighted by atomic mass is 35.5. The summed E-state index contributed by atoms with van der Waals surface area (Å²) in [5.41, 5.74) is 0.0941. The number of carboxylic acids is 1. The van der Waals surface area contributed by atoms with Gasteiger partial charge in [0.05, 0.1) is 0 Å². The van der Waals surface area contributed by atoms with Gasteiger partial charge < -0.3 is 5.11 Å². The second-order valence-corrected chi connectivity index (χ2v) is 5.99. The number of hydrogen-bond donors (Lipinski definition) is 2. The summed E-state index contributed by atoms with van der Waals surface area (Å²) in [7, 11) is 0. The first-order valence-electron chi connectivity index (χ1n) is 6.56. The third kappa shape index (κ3) is 5.21. The van der Waals surface area contributed by atoms with Gasteiger partial charge in [0.1, 0.15) is 5.54 Å². The van der Waals surface area contributed by atoms with Gasteiger partial charge in [0, 0.05) is 11.6 Å². The first-order chi connectivity index (χ1) is 8.83. The zero-order chi connectivity index (χ0) is 14.5. The van der Waals surface area contributed by atoms with Gasteiger partial charge in [-0.05, 0) is 43.4 Å². The molecule has 0 aliphatic heterocycles. The minimum Gasteiger partial charge on any atom is -0.480 e. The van der Waals surface area contributed by atoms with Gasteiger partial charge in [-0.1, -0.05) is 37.6 Å². The summed E-state index contributed by atoms with van der Waals surface area (Å²) in [5.74, 6) is -0.318. The number of benzene rings is 1.